The standard InChI is InChI=1S/C16H19BrN2O4S/c1-10-9-11(5-6-12(10)17)18-15(20)13-7-8-14(23-13)24(21,22)19-16(2,3)4/h5-9,19H,1-4H3,(H,18,20). The van der Waals surface area contributed by atoms with Gasteiger partial charge in [-0.25, -0.2) is 13.1 Å². The van der Waals surface area contributed by atoms with E-state index in [1.54, 1.807) is 32.9 Å². The van der Waals surface area contributed by atoms with Crippen LogP contribution < -0.4 is 10.0 Å². The lowest BCUT2D eigenvalue weighted by atomic mass is 10.1. The predicted octanol–water partition coefficient (Wildman–Crippen LogP) is 3.68. The smallest absolute Gasteiger partial charge is 0.291 e. The fourth-order valence-electron chi connectivity index (χ4n) is 1.96. The molecule has 0 saturated heterocycles. The minimum atomic E-state index is -3.82. The number of hydrogen-bond donors (Lipinski definition) is 2. The van der Waals surface area contributed by atoms with Gasteiger partial charge in [-0.05, 0) is 63.6 Å². The highest BCUT2D eigenvalue weighted by atomic mass is 79.9. The molecule has 0 radical (unpaired) electrons. The number of carbonyl (C=O) groups is 1. The van der Waals surface area contributed by atoms with Crippen LogP contribution in [0.5, 0.6) is 0 Å². The summed E-state index contributed by atoms with van der Waals surface area (Å²) in [7, 11) is -3.82. The molecule has 130 valence electrons. The molecule has 0 fully saturated rings. The molecule has 6 nitrogen and oxygen atoms in total. The van der Waals surface area contributed by atoms with Crippen molar-refractivity contribution in [3.63, 3.8) is 0 Å². The highest BCUT2D eigenvalue weighted by molar-refractivity contribution is 9.10. The third-order valence-electron chi connectivity index (χ3n) is 2.93. The Labute approximate surface area is 149 Å². The first-order valence-corrected chi connectivity index (χ1v) is 9.47. The Bertz CT molecular complexity index is 866. The number of benzene rings is 1. The molecule has 0 unspecified atom stereocenters. The summed E-state index contributed by atoms with van der Waals surface area (Å²) in [4.78, 5) is 12.2. The first-order valence-electron chi connectivity index (χ1n) is 7.19. The molecule has 0 saturated carbocycles. The molecule has 2 N–H and O–H groups in total. The zero-order chi connectivity index (χ0) is 18.1. The van der Waals surface area contributed by atoms with Gasteiger partial charge in [0.25, 0.3) is 15.9 Å². The average Bonchev–Trinajstić information content (AvgIpc) is 2.91. The summed E-state index contributed by atoms with van der Waals surface area (Å²) < 4.78 is 33.0. The molecular formula is C16H19BrN2O4S. The molecule has 0 aliphatic carbocycles. The van der Waals surface area contributed by atoms with Gasteiger partial charge in [0, 0.05) is 15.7 Å². The molecule has 0 bridgehead atoms. The fraction of sp³-hybridized carbons (Fsp3) is 0.312. The van der Waals surface area contributed by atoms with E-state index in [1.807, 2.05) is 13.0 Å². The van der Waals surface area contributed by atoms with Gasteiger partial charge in [0.05, 0.1) is 0 Å². The van der Waals surface area contributed by atoms with E-state index in [9.17, 15) is 13.2 Å². The molecule has 2 rings (SSSR count). The minimum absolute atomic E-state index is 0.0788. The van der Waals surface area contributed by atoms with Crippen molar-refractivity contribution in [2.24, 2.45) is 0 Å². The summed E-state index contributed by atoms with van der Waals surface area (Å²) in [6, 6.07) is 7.94. The molecule has 0 spiro atoms. The first kappa shape index (κ1) is 18.7. The van der Waals surface area contributed by atoms with Crippen molar-refractivity contribution < 1.29 is 17.6 Å². The van der Waals surface area contributed by atoms with E-state index in [2.05, 4.69) is 26.0 Å². The summed E-state index contributed by atoms with van der Waals surface area (Å²) in [6.45, 7) is 7.06. The quantitative estimate of drug-likeness (QED) is 0.798. The van der Waals surface area contributed by atoms with Crippen LogP contribution in [0, 0.1) is 6.92 Å². The third kappa shape index (κ3) is 4.68. The van der Waals surface area contributed by atoms with E-state index in [0.29, 0.717) is 5.69 Å². The Morgan fingerprint density at radius 2 is 1.83 bits per heavy atom. The maximum atomic E-state index is 12.2. The van der Waals surface area contributed by atoms with Gasteiger partial charge in [-0.15, -0.1) is 0 Å². The summed E-state index contributed by atoms with van der Waals surface area (Å²) in [5.74, 6) is -0.598. The molecule has 8 heteroatoms. The summed E-state index contributed by atoms with van der Waals surface area (Å²) >= 11 is 3.38. The molecule has 0 aliphatic rings. The van der Waals surface area contributed by atoms with Crippen molar-refractivity contribution >= 4 is 37.5 Å². The van der Waals surface area contributed by atoms with E-state index in [-0.39, 0.29) is 10.9 Å². The lowest BCUT2D eigenvalue weighted by molar-refractivity contribution is 0.0991. The van der Waals surface area contributed by atoms with Gasteiger partial charge in [-0.3, -0.25) is 4.79 Å². The summed E-state index contributed by atoms with van der Waals surface area (Å²) in [6.07, 6.45) is 0. The second kappa shape index (κ2) is 6.70. The SMILES string of the molecule is Cc1cc(NC(=O)c2ccc(S(=O)(=O)NC(C)(C)C)o2)ccc1Br. The highest BCUT2D eigenvalue weighted by Gasteiger charge is 2.26. The van der Waals surface area contributed by atoms with Gasteiger partial charge in [-0.2, -0.15) is 0 Å². The Balaban J connectivity index is 2.18. The fourth-order valence-corrected chi connectivity index (χ4v) is 3.56. The van der Waals surface area contributed by atoms with Crippen molar-refractivity contribution in [2.75, 3.05) is 5.32 Å². The van der Waals surface area contributed by atoms with Crippen molar-refractivity contribution in [1.82, 2.24) is 4.72 Å². The van der Waals surface area contributed by atoms with Crippen LogP contribution in [-0.2, 0) is 10.0 Å². The van der Waals surface area contributed by atoms with Gasteiger partial charge in [0.2, 0.25) is 5.09 Å². The normalized spacial score (nSPS) is 12.2. The molecule has 1 heterocycles. The van der Waals surface area contributed by atoms with Crippen LogP contribution in [0.25, 0.3) is 0 Å². The Hall–Kier alpha value is -1.64. The highest BCUT2D eigenvalue weighted by Crippen LogP contribution is 2.21. The van der Waals surface area contributed by atoms with Crippen molar-refractivity contribution in [3.05, 3.63) is 46.1 Å². The van der Waals surface area contributed by atoms with Gasteiger partial charge in [-0.1, -0.05) is 15.9 Å². The second-order valence-electron chi connectivity index (χ2n) is 6.39. The number of carbonyl (C=O) groups excluding carboxylic acids is 1. The van der Waals surface area contributed by atoms with Gasteiger partial charge in [0.1, 0.15) is 0 Å². The van der Waals surface area contributed by atoms with E-state index in [4.69, 9.17) is 4.42 Å². The largest absolute Gasteiger partial charge is 0.438 e. The van der Waals surface area contributed by atoms with Crippen LogP contribution in [0.2, 0.25) is 0 Å². The molecule has 1 aromatic heterocycles. The minimum Gasteiger partial charge on any atom is -0.438 e. The predicted molar refractivity (Wildman–Crippen MR) is 95.6 cm³/mol. The van der Waals surface area contributed by atoms with E-state index < -0.39 is 21.5 Å². The molecule has 0 atom stereocenters. The van der Waals surface area contributed by atoms with Crippen LogP contribution in [0.1, 0.15) is 36.9 Å². The van der Waals surface area contributed by atoms with E-state index in [1.165, 1.54) is 12.1 Å². The number of furan rings is 1. The number of aryl methyl sites for hydroxylation is 1. The van der Waals surface area contributed by atoms with Crippen LogP contribution in [0.15, 0.2) is 44.3 Å². The van der Waals surface area contributed by atoms with Crippen LogP contribution in [0.3, 0.4) is 0 Å². The number of anilines is 1. The summed E-state index contributed by atoms with van der Waals surface area (Å²) in [5, 5.41) is 2.37. The molecule has 1 aromatic carbocycles. The Kier molecular flexibility index (Phi) is 5.22. The number of halogens is 1. The van der Waals surface area contributed by atoms with Gasteiger partial charge < -0.3 is 9.73 Å². The Morgan fingerprint density at radius 3 is 2.42 bits per heavy atom. The van der Waals surface area contributed by atoms with Gasteiger partial charge >= 0.3 is 0 Å². The average molecular weight is 415 g/mol. The second-order valence-corrected chi connectivity index (χ2v) is 8.86. The molecule has 1 amide bonds. The van der Waals surface area contributed by atoms with E-state index >= 15 is 0 Å². The molecule has 2 aromatic rings. The number of rotatable bonds is 4. The Morgan fingerprint density at radius 1 is 1.17 bits per heavy atom. The van der Waals surface area contributed by atoms with Crippen molar-refractivity contribution in [3.8, 4) is 0 Å². The first-order chi connectivity index (χ1) is 11.0. The maximum Gasteiger partial charge on any atom is 0.291 e. The number of sulfonamides is 1. The molecule has 24 heavy (non-hydrogen) atoms. The topological polar surface area (TPSA) is 88.4 Å². The van der Waals surface area contributed by atoms with Crippen molar-refractivity contribution in [1.29, 1.82) is 0 Å². The van der Waals surface area contributed by atoms with Crippen LogP contribution >= 0.6 is 15.9 Å². The number of nitrogens with one attached hydrogen (secondary N) is 2. The number of hydrogen-bond acceptors (Lipinski definition) is 4. The number of amides is 1. The summed E-state index contributed by atoms with van der Waals surface area (Å²) in [5.41, 5.74) is 0.905. The zero-order valence-electron chi connectivity index (χ0n) is 13.8. The molecule has 0 aliphatic heterocycles. The lowest BCUT2D eigenvalue weighted by Gasteiger charge is -2.18. The van der Waals surface area contributed by atoms with E-state index in [0.717, 1.165) is 10.0 Å². The van der Waals surface area contributed by atoms with Crippen LogP contribution in [-0.4, -0.2) is 19.9 Å². The van der Waals surface area contributed by atoms with Crippen LogP contribution in [0.4, 0.5) is 5.69 Å². The van der Waals surface area contributed by atoms with Gasteiger partial charge in [0.15, 0.2) is 5.76 Å². The van der Waals surface area contributed by atoms with Crippen molar-refractivity contribution in [2.45, 2.75) is 38.3 Å². The molecular weight excluding hydrogens is 396 g/mol. The maximum absolute atomic E-state index is 12.2. The lowest BCUT2D eigenvalue weighted by Crippen LogP contribution is -2.40. The third-order valence-corrected chi connectivity index (χ3v) is 5.45. The zero-order valence-corrected chi connectivity index (χ0v) is 16.2. The monoisotopic (exact) mass is 414 g/mol.